The SMILES string of the molecule is CC(CN)(NCc1ccc(Br)s1)C1CC1. The second kappa shape index (κ2) is 4.53. The minimum atomic E-state index is 0.135. The maximum atomic E-state index is 5.85. The van der Waals surface area contributed by atoms with Crippen LogP contribution in [0.1, 0.15) is 24.6 Å². The molecule has 1 unspecified atom stereocenters. The van der Waals surface area contributed by atoms with E-state index in [1.165, 1.54) is 21.5 Å². The third-order valence-electron chi connectivity index (χ3n) is 3.20. The largest absolute Gasteiger partial charge is 0.329 e. The number of thiophene rings is 1. The van der Waals surface area contributed by atoms with Crippen molar-refractivity contribution in [2.45, 2.75) is 31.8 Å². The third kappa shape index (κ3) is 2.81. The molecule has 0 bridgehead atoms. The molecule has 0 aliphatic heterocycles. The van der Waals surface area contributed by atoms with Crippen molar-refractivity contribution in [2.75, 3.05) is 6.54 Å². The fraction of sp³-hybridized carbons (Fsp3) is 0.636. The van der Waals surface area contributed by atoms with Gasteiger partial charge in [0.25, 0.3) is 0 Å². The minimum absolute atomic E-state index is 0.135. The summed E-state index contributed by atoms with van der Waals surface area (Å²) in [5.41, 5.74) is 5.98. The van der Waals surface area contributed by atoms with Crippen LogP contribution in [0, 0.1) is 5.92 Å². The monoisotopic (exact) mass is 288 g/mol. The molecular weight excluding hydrogens is 272 g/mol. The molecule has 1 saturated carbocycles. The molecule has 2 nitrogen and oxygen atoms in total. The lowest BCUT2D eigenvalue weighted by Crippen LogP contribution is -2.50. The van der Waals surface area contributed by atoms with Gasteiger partial charge in [-0.25, -0.2) is 0 Å². The summed E-state index contributed by atoms with van der Waals surface area (Å²) in [6.07, 6.45) is 2.66. The van der Waals surface area contributed by atoms with Crippen LogP contribution < -0.4 is 11.1 Å². The first-order chi connectivity index (χ1) is 7.14. The molecule has 0 amide bonds. The van der Waals surface area contributed by atoms with Crippen LogP contribution in [0.15, 0.2) is 15.9 Å². The highest BCUT2D eigenvalue weighted by Gasteiger charge is 2.39. The van der Waals surface area contributed by atoms with Gasteiger partial charge < -0.3 is 11.1 Å². The molecular formula is C11H17BrN2S. The maximum absolute atomic E-state index is 5.85. The number of hydrogen-bond acceptors (Lipinski definition) is 3. The summed E-state index contributed by atoms with van der Waals surface area (Å²) in [5.74, 6) is 0.783. The fourth-order valence-corrected chi connectivity index (χ4v) is 3.26. The summed E-state index contributed by atoms with van der Waals surface area (Å²) in [6.45, 7) is 3.90. The molecule has 3 N–H and O–H groups in total. The summed E-state index contributed by atoms with van der Waals surface area (Å²) < 4.78 is 1.19. The predicted molar refractivity (Wildman–Crippen MR) is 69.0 cm³/mol. The first kappa shape index (κ1) is 11.6. The molecule has 1 aromatic heterocycles. The lowest BCUT2D eigenvalue weighted by Gasteiger charge is -2.29. The van der Waals surface area contributed by atoms with Crippen molar-refractivity contribution >= 4 is 27.3 Å². The molecule has 4 heteroatoms. The Bertz CT molecular complexity index is 335. The molecule has 1 aromatic rings. The Balaban J connectivity index is 1.91. The molecule has 2 rings (SSSR count). The van der Waals surface area contributed by atoms with Gasteiger partial charge in [-0.15, -0.1) is 11.3 Å². The molecule has 1 aliphatic rings. The molecule has 0 saturated heterocycles. The Morgan fingerprint density at radius 3 is 2.80 bits per heavy atom. The smallest absolute Gasteiger partial charge is 0.0701 e. The van der Waals surface area contributed by atoms with E-state index in [9.17, 15) is 0 Å². The predicted octanol–water partition coefficient (Wildman–Crippen LogP) is 2.73. The second-order valence-corrected chi connectivity index (χ2v) is 7.00. The average Bonchev–Trinajstić information content (AvgIpc) is 3.00. The molecule has 84 valence electrons. The van der Waals surface area contributed by atoms with Gasteiger partial charge in [-0.1, -0.05) is 0 Å². The second-order valence-electron chi connectivity index (χ2n) is 4.46. The van der Waals surface area contributed by atoms with Gasteiger partial charge in [-0.3, -0.25) is 0 Å². The Hall–Kier alpha value is 0.1000. The summed E-state index contributed by atoms with van der Waals surface area (Å²) in [6, 6.07) is 4.25. The van der Waals surface area contributed by atoms with E-state index in [0.29, 0.717) is 0 Å². The summed E-state index contributed by atoms with van der Waals surface area (Å²) in [5, 5.41) is 3.60. The van der Waals surface area contributed by atoms with Crippen molar-refractivity contribution in [1.29, 1.82) is 0 Å². The molecule has 0 aromatic carbocycles. The minimum Gasteiger partial charge on any atom is -0.329 e. The molecule has 0 radical (unpaired) electrons. The number of hydrogen-bond donors (Lipinski definition) is 2. The lowest BCUT2D eigenvalue weighted by atomic mass is 9.96. The van der Waals surface area contributed by atoms with Crippen molar-refractivity contribution in [3.05, 3.63) is 20.8 Å². The van der Waals surface area contributed by atoms with Gasteiger partial charge in [0.15, 0.2) is 0 Å². The standard InChI is InChI=1S/C11H17BrN2S/c1-11(7-13,8-2-3-8)14-6-9-4-5-10(12)15-9/h4-5,8,14H,2-3,6-7,13H2,1H3. The number of halogens is 1. The molecule has 1 fully saturated rings. The van der Waals surface area contributed by atoms with Gasteiger partial charge in [0.2, 0.25) is 0 Å². The highest BCUT2D eigenvalue weighted by molar-refractivity contribution is 9.11. The summed E-state index contributed by atoms with van der Waals surface area (Å²) in [4.78, 5) is 1.36. The van der Waals surface area contributed by atoms with Gasteiger partial charge in [0, 0.05) is 23.5 Å². The van der Waals surface area contributed by atoms with Crippen molar-refractivity contribution in [3.8, 4) is 0 Å². The highest BCUT2D eigenvalue weighted by atomic mass is 79.9. The van der Waals surface area contributed by atoms with E-state index in [4.69, 9.17) is 5.73 Å². The van der Waals surface area contributed by atoms with Crippen LogP contribution in [-0.4, -0.2) is 12.1 Å². The van der Waals surface area contributed by atoms with E-state index in [1.54, 1.807) is 11.3 Å². The normalized spacial score (nSPS) is 20.2. The van der Waals surface area contributed by atoms with E-state index in [0.717, 1.165) is 19.0 Å². The highest BCUT2D eigenvalue weighted by Crippen LogP contribution is 2.39. The topological polar surface area (TPSA) is 38.0 Å². The van der Waals surface area contributed by atoms with E-state index in [1.807, 2.05) is 0 Å². The molecule has 1 atom stereocenters. The summed E-state index contributed by atoms with van der Waals surface area (Å²) in [7, 11) is 0. The van der Waals surface area contributed by atoms with Gasteiger partial charge in [-0.2, -0.15) is 0 Å². The number of nitrogens with one attached hydrogen (secondary N) is 1. The van der Waals surface area contributed by atoms with Crippen molar-refractivity contribution in [1.82, 2.24) is 5.32 Å². The first-order valence-electron chi connectivity index (χ1n) is 5.33. The van der Waals surface area contributed by atoms with Crippen molar-refractivity contribution < 1.29 is 0 Å². The lowest BCUT2D eigenvalue weighted by molar-refractivity contribution is 0.318. The molecule has 1 heterocycles. The summed E-state index contributed by atoms with van der Waals surface area (Å²) >= 11 is 5.26. The van der Waals surface area contributed by atoms with Crippen LogP contribution in [0.2, 0.25) is 0 Å². The van der Waals surface area contributed by atoms with Crippen LogP contribution in [0.25, 0.3) is 0 Å². The zero-order valence-electron chi connectivity index (χ0n) is 8.92. The first-order valence-corrected chi connectivity index (χ1v) is 6.94. The molecule has 0 spiro atoms. The van der Waals surface area contributed by atoms with Crippen molar-refractivity contribution in [2.24, 2.45) is 11.7 Å². The molecule has 15 heavy (non-hydrogen) atoms. The van der Waals surface area contributed by atoms with Crippen molar-refractivity contribution in [3.63, 3.8) is 0 Å². The molecule has 1 aliphatic carbocycles. The van der Waals surface area contributed by atoms with Gasteiger partial charge in [0.05, 0.1) is 3.79 Å². The maximum Gasteiger partial charge on any atom is 0.0701 e. The van der Waals surface area contributed by atoms with Gasteiger partial charge in [-0.05, 0) is 53.7 Å². The third-order valence-corrected chi connectivity index (χ3v) is 4.82. The van der Waals surface area contributed by atoms with E-state index >= 15 is 0 Å². The Labute approximate surface area is 103 Å². The van der Waals surface area contributed by atoms with Crippen LogP contribution in [0.3, 0.4) is 0 Å². The van der Waals surface area contributed by atoms with Gasteiger partial charge >= 0.3 is 0 Å². The zero-order valence-corrected chi connectivity index (χ0v) is 11.3. The van der Waals surface area contributed by atoms with Crippen LogP contribution >= 0.6 is 27.3 Å². The Morgan fingerprint density at radius 2 is 2.33 bits per heavy atom. The van der Waals surface area contributed by atoms with Crippen LogP contribution in [0.5, 0.6) is 0 Å². The van der Waals surface area contributed by atoms with E-state index in [2.05, 4.69) is 40.3 Å². The van der Waals surface area contributed by atoms with Gasteiger partial charge in [0.1, 0.15) is 0 Å². The number of rotatable bonds is 5. The average molecular weight is 289 g/mol. The fourth-order valence-electron chi connectivity index (χ4n) is 1.84. The van der Waals surface area contributed by atoms with E-state index < -0.39 is 0 Å². The quantitative estimate of drug-likeness (QED) is 0.874. The zero-order chi connectivity index (χ0) is 10.9. The Morgan fingerprint density at radius 1 is 1.60 bits per heavy atom. The van der Waals surface area contributed by atoms with Crippen LogP contribution in [0.4, 0.5) is 0 Å². The van der Waals surface area contributed by atoms with Crippen LogP contribution in [-0.2, 0) is 6.54 Å². The van der Waals surface area contributed by atoms with E-state index in [-0.39, 0.29) is 5.54 Å². The Kier molecular flexibility index (Phi) is 3.50. The number of nitrogens with two attached hydrogens (primary N) is 1.